The highest BCUT2D eigenvalue weighted by molar-refractivity contribution is 5.95. The lowest BCUT2D eigenvalue weighted by Crippen LogP contribution is -2.50. The average Bonchev–Trinajstić information content (AvgIpc) is 3.24. The molecule has 31 heavy (non-hydrogen) atoms. The number of aryl methyl sites for hydroxylation is 1. The Morgan fingerprint density at radius 1 is 1.03 bits per heavy atom. The molecule has 0 atom stereocenters. The van der Waals surface area contributed by atoms with Gasteiger partial charge in [0.15, 0.2) is 5.58 Å². The first kappa shape index (κ1) is 19.0. The number of rotatable bonds is 3. The predicted octanol–water partition coefficient (Wildman–Crippen LogP) is 2.64. The van der Waals surface area contributed by atoms with Gasteiger partial charge in [0.25, 0.3) is 17.5 Å². The summed E-state index contributed by atoms with van der Waals surface area (Å²) in [6.45, 7) is 3.93. The second kappa shape index (κ2) is 7.71. The Hall–Kier alpha value is -3.94. The SMILES string of the molecule is Cc1ccn(-c2cccnc2)c(=O)c1C(=O)N1CCN(c2nc3ccccc3o2)CC1. The minimum absolute atomic E-state index is 0.196. The Morgan fingerprint density at radius 3 is 2.58 bits per heavy atom. The van der Waals surface area contributed by atoms with Crippen molar-refractivity contribution in [2.75, 3.05) is 31.1 Å². The fourth-order valence-electron chi connectivity index (χ4n) is 3.84. The van der Waals surface area contributed by atoms with E-state index in [1.165, 1.54) is 4.57 Å². The van der Waals surface area contributed by atoms with Crippen LogP contribution in [0.4, 0.5) is 6.01 Å². The van der Waals surface area contributed by atoms with Crippen molar-refractivity contribution in [3.63, 3.8) is 0 Å². The second-order valence-electron chi connectivity index (χ2n) is 7.50. The standard InChI is InChI=1S/C23H21N5O3/c1-16-8-10-28(17-5-4-9-24-15-17)22(30)20(16)21(29)26-11-13-27(14-12-26)23-25-18-6-2-3-7-19(18)31-23/h2-10,15H,11-14H2,1H3. The maximum absolute atomic E-state index is 13.2. The van der Waals surface area contributed by atoms with Crippen molar-refractivity contribution in [3.05, 3.63) is 82.5 Å². The largest absolute Gasteiger partial charge is 0.423 e. The number of piperazine rings is 1. The number of hydrogen-bond donors (Lipinski definition) is 0. The first-order chi connectivity index (χ1) is 15.1. The lowest BCUT2D eigenvalue weighted by molar-refractivity contribution is 0.0742. The molecule has 4 heterocycles. The Labute approximate surface area is 178 Å². The van der Waals surface area contributed by atoms with Gasteiger partial charge in [-0.2, -0.15) is 4.98 Å². The van der Waals surface area contributed by atoms with E-state index in [4.69, 9.17) is 4.42 Å². The second-order valence-corrected chi connectivity index (χ2v) is 7.50. The Balaban J connectivity index is 1.36. The van der Waals surface area contributed by atoms with Gasteiger partial charge in [-0.25, -0.2) is 0 Å². The predicted molar refractivity (Wildman–Crippen MR) is 117 cm³/mol. The summed E-state index contributed by atoms with van der Waals surface area (Å²) in [5, 5.41) is 0. The van der Waals surface area contributed by atoms with Crippen LogP contribution in [-0.2, 0) is 0 Å². The van der Waals surface area contributed by atoms with Crippen molar-refractivity contribution in [1.29, 1.82) is 0 Å². The van der Waals surface area contributed by atoms with Gasteiger partial charge in [-0.1, -0.05) is 12.1 Å². The van der Waals surface area contributed by atoms with Gasteiger partial charge in [0, 0.05) is 38.6 Å². The quantitative estimate of drug-likeness (QED) is 0.512. The first-order valence-electron chi connectivity index (χ1n) is 10.1. The molecule has 0 bridgehead atoms. The third kappa shape index (κ3) is 3.46. The third-order valence-electron chi connectivity index (χ3n) is 5.56. The van der Waals surface area contributed by atoms with E-state index in [0.29, 0.717) is 43.4 Å². The Kier molecular flexibility index (Phi) is 4.74. The molecule has 1 saturated heterocycles. The van der Waals surface area contributed by atoms with E-state index in [2.05, 4.69) is 9.97 Å². The van der Waals surface area contributed by atoms with Crippen molar-refractivity contribution >= 4 is 23.0 Å². The molecule has 1 aliphatic rings. The number of fused-ring (bicyclic) bond motifs is 1. The first-order valence-corrected chi connectivity index (χ1v) is 10.1. The smallest absolute Gasteiger partial charge is 0.298 e. The molecular formula is C23H21N5O3. The van der Waals surface area contributed by atoms with Gasteiger partial charge in [0.2, 0.25) is 0 Å². The van der Waals surface area contributed by atoms with Gasteiger partial charge < -0.3 is 14.2 Å². The molecule has 1 aliphatic heterocycles. The van der Waals surface area contributed by atoms with Crippen molar-refractivity contribution in [2.24, 2.45) is 0 Å². The molecule has 0 spiro atoms. The molecule has 0 aliphatic carbocycles. The number of carbonyl (C=O) groups is 1. The molecule has 8 heteroatoms. The maximum atomic E-state index is 13.2. The van der Waals surface area contributed by atoms with Crippen LogP contribution in [0.25, 0.3) is 16.8 Å². The molecule has 5 rings (SSSR count). The molecule has 1 amide bonds. The molecule has 4 aromatic rings. The third-order valence-corrected chi connectivity index (χ3v) is 5.56. The van der Waals surface area contributed by atoms with Crippen LogP contribution in [0.1, 0.15) is 15.9 Å². The number of para-hydroxylation sites is 2. The normalized spacial score (nSPS) is 14.2. The monoisotopic (exact) mass is 415 g/mol. The van der Waals surface area contributed by atoms with Crippen LogP contribution < -0.4 is 10.5 Å². The highest BCUT2D eigenvalue weighted by Gasteiger charge is 2.27. The summed E-state index contributed by atoms with van der Waals surface area (Å²) in [7, 11) is 0. The van der Waals surface area contributed by atoms with E-state index in [1.54, 1.807) is 48.6 Å². The number of amides is 1. The number of hydrogen-bond acceptors (Lipinski definition) is 6. The highest BCUT2D eigenvalue weighted by Crippen LogP contribution is 2.23. The summed E-state index contributed by atoms with van der Waals surface area (Å²) in [4.78, 5) is 38.7. The molecule has 1 aromatic carbocycles. The van der Waals surface area contributed by atoms with Crippen LogP contribution in [0.3, 0.4) is 0 Å². The summed E-state index contributed by atoms with van der Waals surface area (Å²) in [6.07, 6.45) is 4.92. The van der Waals surface area contributed by atoms with Gasteiger partial charge in [0.05, 0.1) is 11.9 Å². The topological polar surface area (TPSA) is 84.5 Å². The molecule has 156 valence electrons. The molecule has 3 aromatic heterocycles. The summed E-state index contributed by atoms with van der Waals surface area (Å²) >= 11 is 0. The van der Waals surface area contributed by atoms with Crippen LogP contribution in [0.5, 0.6) is 0 Å². The summed E-state index contributed by atoms with van der Waals surface area (Å²) < 4.78 is 7.30. The summed E-state index contributed by atoms with van der Waals surface area (Å²) in [6, 6.07) is 13.5. The zero-order valence-corrected chi connectivity index (χ0v) is 17.1. The molecule has 1 fully saturated rings. The number of pyridine rings is 2. The van der Waals surface area contributed by atoms with Gasteiger partial charge in [0.1, 0.15) is 11.1 Å². The zero-order chi connectivity index (χ0) is 21.4. The van der Waals surface area contributed by atoms with Crippen LogP contribution in [0, 0.1) is 6.92 Å². The lowest BCUT2D eigenvalue weighted by atomic mass is 10.1. The number of aromatic nitrogens is 3. The zero-order valence-electron chi connectivity index (χ0n) is 17.1. The molecule has 0 N–H and O–H groups in total. The molecular weight excluding hydrogens is 394 g/mol. The summed E-state index contributed by atoms with van der Waals surface area (Å²) in [5.74, 6) is -0.252. The summed E-state index contributed by atoms with van der Waals surface area (Å²) in [5.41, 5.74) is 2.71. The minimum atomic E-state index is -0.334. The van der Waals surface area contributed by atoms with Crippen LogP contribution in [0.15, 0.2) is 70.3 Å². The van der Waals surface area contributed by atoms with E-state index in [9.17, 15) is 9.59 Å². The average molecular weight is 415 g/mol. The number of oxazole rings is 1. The molecule has 0 saturated carbocycles. The van der Waals surface area contributed by atoms with Crippen LogP contribution >= 0.6 is 0 Å². The Morgan fingerprint density at radius 2 is 1.84 bits per heavy atom. The van der Waals surface area contributed by atoms with Gasteiger partial charge in [-0.15, -0.1) is 0 Å². The number of benzene rings is 1. The van der Waals surface area contributed by atoms with Gasteiger partial charge in [-0.3, -0.25) is 19.1 Å². The van der Waals surface area contributed by atoms with Crippen molar-refractivity contribution in [1.82, 2.24) is 19.4 Å². The number of anilines is 1. The van der Waals surface area contributed by atoms with E-state index in [1.807, 2.05) is 29.2 Å². The Bertz CT molecular complexity index is 1270. The van der Waals surface area contributed by atoms with Crippen molar-refractivity contribution in [3.8, 4) is 5.69 Å². The van der Waals surface area contributed by atoms with E-state index in [0.717, 1.165) is 11.1 Å². The van der Waals surface area contributed by atoms with Crippen molar-refractivity contribution in [2.45, 2.75) is 6.92 Å². The van der Waals surface area contributed by atoms with Gasteiger partial charge in [-0.05, 0) is 42.8 Å². The van der Waals surface area contributed by atoms with Crippen LogP contribution in [0.2, 0.25) is 0 Å². The highest BCUT2D eigenvalue weighted by atomic mass is 16.4. The van der Waals surface area contributed by atoms with E-state index in [-0.39, 0.29) is 17.0 Å². The fraction of sp³-hybridized carbons (Fsp3) is 0.217. The van der Waals surface area contributed by atoms with Crippen LogP contribution in [-0.4, -0.2) is 51.5 Å². The fourth-order valence-corrected chi connectivity index (χ4v) is 3.84. The van der Waals surface area contributed by atoms with E-state index >= 15 is 0 Å². The molecule has 0 radical (unpaired) electrons. The van der Waals surface area contributed by atoms with Crippen molar-refractivity contribution < 1.29 is 9.21 Å². The van der Waals surface area contributed by atoms with E-state index < -0.39 is 0 Å². The number of carbonyl (C=O) groups excluding carboxylic acids is 1. The molecule has 0 unspecified atom stereocenters. The maximum Gasteiger partial charge on any atom is 0.298 e. The van der Waals surface area contributed by atoms with Gasteiger partial charge >= 0.3 is 0 Å². The number of nitrogens with zero attached hydrogens (tertiary/aromatic N) is 5. The lowest BCUT2D eigenvalue weighted by Gasteiger charge is -2.34. The minimum Gasteiger partial charge on any atom is -0.423 e. The molecule has 8 nitrogen and oxygen atoms in total.